The van der Waals surface area contributed by atoms with Crippen LogP contribution in [0.15, 0.2) is 12.7 Å². The lowest BCUT2D eigenvalue weighted by atomic mass is 9.78. The van der Waals surface area contributed by atoms with E-state index in [1.807, 2.05) is 0 Å². The number of hydrogen-bond acceptors (Lipinski definition) is 1. The van der Waals surface area contributed by atoms with E-state index in [-0.39, 0.29) is 18.8 Å². The molecule has 1 fully saturated rings. The van der Waals surface area contributed by atoms with Crippen molar-refractivity contribution >= 4 is 0 Å². The van der Waals surface area contributed by atoms with Gasteiger partial charge in [-0.3, -0.25) is 0 Å². The molecule has 1 unspecified atom stereocenters. The molecular weight excluding hydrogens is 229 g/mol. The lowest BCUT2D eigenvalue weighted by molar-refractivity contribution is -0.185. The smallest absolute Gasteiger partial charge is 0.391 e. The number of aliphatic hydroxyl groups excluding tert-OH is 1. The number of unbranched alkanes of at least 4 members (excludes halogenated alkanes) is 1. The fourth-order valence-corrected chi connectivity index (χ4v) is 2.54. The molecular formula is C13H21F3O. The van der Waals surface area contributed by atoms with Crippen LogP contribution < -0.4 is 0 Å². The molecule has 1 aliphatic carbocycles. The van der Waals surface area contributed by atoms with E-state index in [1.54, 1.807) is 6.08 Å². The van der Waals surface area contributed by atoms with Crippen molar-refractivity contribution in [2.75, 3.05) is 0 Å². The summed E-state index contributed by atoms with van der Waals surface area (Å²) in [7, 11) is 0. The second kappa shape index (κ2) is 6.43. The van der Waals surface area contributed by atoms with E-state index >= 15 is 0 Å². The Kier molecular flexibility index (Phi) is 5.50. The zero-order valence-electron chi connectivity index (χ0n) is 10.0. The Balaban J connectivity index is 2.28. The lowest BCUT2D eigenvalue weighted by Crippen LogP contribution is -2.32. The summed E-state index contributed by atoms with van der Waals surface area (Å²) >= 11 is 0. The van der Waals surface area contributed by atoms with Crippen LogP contribution in [0.25, 0.3) is 0 Å². The minimum Gasteiger partial charge on any atom is -0.393 e. The molecule has 1 nitrogen and oxygen atoms in total. The summed E-state index contributed by atoms with van der Waals surface area (Å²) in [5, 5.41) is 9.87. The van der Waals surface area contributed by atoms with Crippen molar-refractivity contribution in [3.05, 3.63) is 12.7 Å². The fourth-order valence-electron chi connectivity index (χ4n) is 2.54. The van der Waals surface area contributed by atoms with Crippen molar-refractivity contribution in [2.24, 2.45) is 11.8 Å². The van der Waals surface area contributed by atoms with Gasteiger partial charge >= 0.3 is 6.18 Å². The summed E-state index contributed by atoms with van der Waals surface area (Å²) < 4.78 is 37.3. The van der Waals surface area contributed by atoms with Gasteiger partial charge in [0, 0.05) is 0 Å². The molecule has 0 saturated heterocycles. The Morgan fingerprint density at radius 1 is 1.24 bits per heavy atom. The summed E-state index contributed by atoms with van der Waals surface area (Å²) in [6.07, 6.45) is 1.04. The third-order valence-corrected chi connectivity index (χ3v) is 3.69. The van der Waals surface area contributed by atoms with Gasteiger partial charge in [-0.25, -0.2) is 0 Å². The van der Waals surface area contributed by atoms with E-state index in [0.717, 1.165) is 12.8 Å². The van der Waals surface area contributed by atoms with Crippen molar-refractivity contribution in [1.29, 1.82) is 0 Å². The number of rotatable bonds is 5. The Morgan fingerprint density at radius 2 is 1.82 bits per heavy atom. The third kappa shape index (κ3) is 4.70. The highest BCUT2D eigenvalue weighted by atomic mass is 19.4. The molecule has 100 valence electrons. The molecule has 0 aliphatic heterocycles. The van der Waals surface area contributed by atoms with E-state index in [2.05, 4.69) is 6.58 Å². The standard InChI is InChI=1S/C13H21F3O/c1-2-3-4-5-12(17)10-6-8-11(9-7-10)13(14,15)16/h2,10-12,17H,1,3-9H2. The highest BCUT2D eigenvalue weighted by Crippen LogP contribution is 2.40. The van der Waals surface area contributed by atoms with E-state index in [0.29, 0.717) is 19.3 Å². The molecule has 1 saturated carbocycles. The van der Waals surface area contributed by atoms with Gasteiger partial charge in [0.15, 0.2) is 0 Å². The molecule has 1 atom stereocenters. The van der Waals surface area contributed by atoms with Gasteiger partial charge in [0.2, 0.25) is 0 Å². The van der Waals surface area contributed by atoms with Crippen molar-refractivity contribution in [2.45, 2.75) is 57.2 Å². The predicted octanol–water partition coefficient (Wildman–Crippen LogP) is 4.07. The average molecular weight is 250 g/mol. The van der Waals surface area contributed by atoms with Gasteiger partial charge in [-0.15, -0.1) is 6.58 Å². The van der Waals surface area contributed by atoms with Crippen LogP contribution in [0.1, 0.15) is 44.9 Å². The number of hydrogen-bond donors (Lipinski definition) is 1. The van der Waals surface area contributed by atoms with Crippen LogP contribution in [0.3, 0.4) is 0 Å². The van der Waals surface area contributed by atoms with E-state index < -0.39 is 18.2 Å². The molecule has 1 aliphatic rings. The summed E-state index contributed by atoms with van der Waals surface area (Å²) in [4.78, 5) is 0. The predicted molar refractivity (Wildman–Crippen MR) is 61.6 cm³/mol. The minimum atomic E-state index is -4.06. The summed E-state index contributed by atoms with van der Waals surface area (Å²) in [6, 6.07) is 0. The highest BCUT2D eigenvalue weighted by molar-refractivity contribution is 4.81. The van der Waals surface area contributed by atoms with Gasteiger partial charge in [-0.1, -0.05) is 6.08 Å². The van der Waals surface area contributed by atoms with Gasteiger partial charge in [0.1, 0.15) is 0 Å². The SMILES string of the molecule is C=CCCCC(O)C1CCC(C(F)(F)F)CC1. The van der Waals surface area contributed by atoms with E-state index in [1.165, 1.54) is 0 Å². The largest absolute Gasteiger partial charge is 0.393 e. The average Bonchev–Trinajstić information content (AvgIpc) is 2.28. The second-order valence-corrected chi connectivity index (χ2v) is 4.94. The van der Waals surface area contributed by atoms with Gasteiger partial charge in [0.05, 0.1) is 12.0 Å². The molecule has 0 aromatic rings. The van der Waals surface area contributed by atoms with Crippen molar-refractivity contribution in [3.8, 4) is 0 Å². The molecule has 0 spiro atoms. The maximum absolute atomic E-state index is 12.4. The van der Waals surface area contributed by atoms with Crippen LogP contribution in [0.4, 0.5) is 13.2 Å². The molecule has 0 aromatic carbocycles. The maximum Gasteiger partial charge on any atom is 0.391 e. The topological polar surface area (TPSA) is 20.2 Å². The molecule has 1 rings (SSSR count). The van der Waals surface area contributed by atoms with E-state index in [4.69, 9.17) is 0 Å². The van der Waals surface area contributed by atoms with Gasteiger partial charge in [-0.2, -0.15) is 13.2 Å². The fraction of sp³-hybridized carbons (Fsp3) is 0.846. The molecule has 17 heavy (non-hydrogen) atoms. The van der Waals surface area contributed by atoms with Crippen LogP contribution in [0.5, 0.6) is 0 Å². The zero-order valence-corrected chi connectivity index (χ0v) is 10.0. The van der Waals surface area contributed by atoms with Crippen LogP contribution in [-0.4, -0.2) is 17.4 Å². The normalized spacial score (nSPS) is 27.8. The monoisotopic (exact) mass is 250 g/mol. The van der Waals surface area contributed by atoms with Crippen molar-refractivity contribution in [3.63, 3.8) is 0 Å². The molecule has 0 bridgehead atoms. The lowest BCUT2D eigenvalue weighted by Gasteiger charge is -2.32. The molecule has 0 heterocycles. The Hall–Kier alpha value is -0.510. The van der Waals surface area contributed by atoms with Crippen LogP contribution >= 0.6 is 0 Å². The highest BCUT2D eigenvalue weighted by Gasteiger charge is 2.42. The summed E-state index contributed by atoms with van der Waals surface area (Å²) in [6.45, 7) is 3.60. The first-order chi connectivity index (χ1) is 7.95. The Morgan fingerprint density at radius 3 is 2.29 bits per heavy atom. The minimum absolute atomic E-state index is 0.0541. The van der Waals surface area contributed by atoms with Crippen molar-refractivity contribution in [1.82, 2.24) is 0 Å². The van der Waals surface area contributed by atoms with Crippen molar-refractivity contribution < 1.29 is 18.3 Å². The Bertz CT molecular complexity index is 229. The number of alkyl halides is 3. The molecule has 1 N–H and O–H groups in total. The van der Waals surface area contributed by atoms with Crippen LogP contribution in [-0.2, 0) is 0 Å². The van der Waals surface area contributed by atoms with E-state index in [9.17, 15) is 18.3 Å². The molecule has 0 radical (unpaired) electrons. The molecule has 0 amide bonds. The number of halogens is 3. The van der Waals surface area contributed by atoms with Gasteiger partial charge in [0.25, 0.3) is 0 Å². The quantitative estimate of drug-likeness (QED) is 0.576. The zero-order chi connectivity index (χ0) is 12.9. The maximum atomic E-state index is 12.4. The first-order valence-corrected chi connectivity index (χ1v) is 6.30. The van der Waals surface area contributed by atoms with Crippen LogP contribution in [0, 0.1) is 11.8 Å². The second-order valence-electron chi connectivity index (χ2n) is 4.94. The number of allylic oxidation sites excluding steroid dienone is 1. The number of aliphatic hydroxyl groups is 1. The first-order valence-electron chi connectivity index (χ1n) is 6.30. The Labute approximate surface area is 101 Å². The summed E-state index contributed by atoms with van der Waals surface area (Å²) in [5.41, 5.74) is 0. The van der Waals surface area contributed by atoms with Gasteiger partial charge in [-0.05, 0) is 50.9 Å². The third-order valence-electron chi connectivity index (χ3n) is 3.69. The molecule has 0 aromatic heterocycles. The molecule has 4 heteroatoms. The summed E-state index contributed by atoms with van der Waals surface area (Å²) in [5.74, 6) is -1.10. The van der Waals surface area contributed by atoms with Crippen LogP contribution in [0.2, 0.25) is 0 Å². The first kappa shape index (κ1) is 14.6. The van der Waals surface area contributed by atoms with Gasteiger partial charge < -0.3 is 5.11 Å².